The van der Waals surface area contributed by atoms with Crippen LogP contribution in [0.2, 0.25) is 0 Å². The molecule has 2 aromatic carbocycles. The Labute approximate surface area is 205 Å². The average molecular weight is 479 g/mol. The van der Waals surface area contributed by atoms with E-state index in [1.54, 1.807) is 4.57 Å². The lowest BCUT2D eigenvalue weighted by Crippen LogP contribution is -2.36. The van der Waals surface area contributed by atoms with E-state index in [0.717, 1.165) is 43.0 Å². The highest BCUT2D eigenvalue weighted by Gasteiger charge is 2.19. The van der Waals surface area contributed by atoms with Crippen LogP contribution in [0.4, 0.5) is 0 Å². The van der Waals surface area contributed by atoms with E-state index in [-0.39, 0.29) is 17.2 Å². The third kappa shape index (κ3) is 6.48. The van der Waals surface area contributed by atoms with Crippen molar-refractivity contribution in [2.75, 3.05) is 31.9 Å². The number of hydrogen-bond acceptors (Lipinski definition) is 5. The van der Waals surface area contributed by atoms with E-state index < -0.39 is 0 Å². The van der Waals surface area contributed by atoms with Crippen LogP contribution in [0.15, 0.2) is 64.4 Å². The lowest BCUT2D eigenvalue weighted by molar-refractivity contribution is -0.118. The van der Waals surface area contributed by atoms with E-state index in [0.29, 0.717) is 18.1 Å². The number of benzene rings is 2. The molecule has 180 valence electrons. The van der Waals surface area contributed by atoms with E-state index in [1.807, 2.05) is 31.2 Å². The van der Waals surface area contributed by atoms with E-state index in [9.17, 15) is 9.59 Å². The lowest BCUT2D eigenvalue weighted by atomic mass is 9.90. The summed E-state index contributed by atoms with van der Waals surface area (Å²) >= 11 is 1.22. The molecule has 0 unspecified atom stereocenters. The van der Waals surface area contributed by atoms with Gasteiger partial charge in [0, 0.05) is 13.1 Å². The van der Waals surface area contributed by atoms with Crippen LogP contribution in [-0.2, 0) is 17.8 Å². The molecule has 0 radical (unpaired) electrons. The minimum Gasteiger partial charge on any atom is -0.355 e. The summed E-state index contributed by atoms with van der Waals surface area (Å²) in [6, 6.07) is 18.4. The molecule has 1 amide bonds. The molecule has 0 spiro atoms. The number of carbonyl (C=O) groups excluding carboxylic acids is 1. The van der Waals surface area contributed by atoms with Gasteiger partial charge < -0.3 is 14.8 Å². The lowest BCUT2D eigenvalue weighted by Gasteiger charge is -2.32. The van der Waals surface area contributed by atoms with Crippen molar-refractivity contribution in [2.24, 2.45) is 5.92 Å². The molecule has 0 saturated carbocycles. The second-order valence-corrected chi connectivity index (χ2v) is 9.89. The van der Waals surface area contributed by atoms with Crippen LogP contribution in [0, 0.1) is 5.92 Å². The van der Waals surface area contributed by atoms with Gasteiger partial charge in [0.1, 0.15) is 0 Å². The second-order valence-electron chi connectivity index (χ2n) is 8.92. The molecule has 1 aromatic heterocycles. The molecule has 3 aromatic rings. The van der Waals surface area contributed by atoms with Crippen LogP contribution in [0.1, 0.15) is 31.7 Å². The summed E-state index contributed by atoms with van der Waals surface area (Å²) in [6.45, 7) is 6.47. The van der Waals surface area contributed by atoms with E-state index in [2.05, 4.69) is 45.5 Å². The number of para-hydroxylation sites is 2. The van der Waals surface area contributed by atoms with E-state index >= 15 is 0 Å². The summed E-state index contributed by atoms with van der Waals surface area (Å²) in [4.78, 5) is 32.1. The fourth-order valence-corrected chi connectivity index (χ4v) is 5.42. The minimum atomic E-state index is -0.130. The Hall–Kier alpha value is -2.64. The first kappa shape index (κ1) is 24.5. The van der Waals surface area contributed by atoms with Crippen molar-refractivity contribution in [1.82, 2.24) is 19.8 Å². The number of likely N-dealkylation sites (tertiary alicyclic amines) is 1. The Morgan fingerprint density at radius 3 is 2.59 bits per heavy atom. The monoisotopic (exact) mass is 478 g/mol. The number of piperidine rings is 1. The van der Waals surface area contributed by atoms with Crippen molar-refractivity contribution < 1.29 is 4.79 Å². The maximum Gasteiger partial charge on any atom is 0.283 e. The van der Waals surface area contributed by atoms with Crippen molar-refractivity contribution in [3.8, 4) is 0 Å². The summed E-state index contributed by atoms with van der Waals surface area (Å²) in [7, 11) is 0. The summed E-state index contributed by atoms with van der Waals surface area (Å²) in [5, 5.41) is 3.38. The molecule has 1 saturated heterocycles. The first-order chi connectivity index (χ1) is 16.6. The van der Waals surface area contributed by atoms with E-state index in [1.165, 1.54) is 36.6 Å². The quantitative estimate of drug-likeness (QED) is 0.353. The van der Waals surface area contributed by atoms with Gasteiger partial charge in [-0.2, -0.15) is 0 Å². The van der Waals surface area contributed by atoms with Crippen molar-refractivity contribution in [1.29, 1.82) is 0 Å². The summed E-state index contributed by atoms with van der Waals surface area (Å²) in [5.41, 5.74) is 2.91. The summed E-state index contributed by atoms with van der Waals surface area (Å²) in [5.74, 6) is 0.926. The van der Waals surface area contributed by atoms with Gasteiger partial charge in [0.05, 0.1) is 16.8 Å². The molecule has 34 heavy (non-hydrogen) atoms. The minimum absolute atomic E-state index is 0.0519. The van der Waals surface area contributed by atoms with Crippen molar-refractivity contribution in [3.05, 3.63) is 70.5 Å². The smallest absolute Gasteiger partial charge is 0.283 e. The Kier molecular flexibility index (Phi) is 8.77. The SMILES string of the molecule is CCn1c(=O)c(SCC(=O)NCCCN2CCC(Cc3ccccc3)CC2)nc2ccccc21. The zero-order chi connectivity index (χ0) is 23.8. The molecule has 1 aliphatic rings. The molecule has 2 heterocycles. The summed E-state index contributed by atoms with van der Waals surface area (Å²) in [6.07, 6.45) is 4.60. The van der Waals surface area contributed by atoms with Crippen molar-refractivity contribution in [2.45, 2.75) is 44.2 Å². The molecule has 4 rings (SSSR count). The van der Waals surface area contributed by atoms with Gasteiger partial charge in [0.15, 0.2) is 5.03 Å². The molecule has 1 aliphatic heterocycles. The molecule has 7 heteroatoms. The third-order valence-electron chi connectivity index (χ3n) is 6.53. The first-order valence-corrected chi connectivity index (χ1v) is 13.3. The van der Waals surface area contributed by atoms with Crippen LogP contribution in [0.5, 0.6) is 0 Å². The van der Waals surface area contributed by atoms with Crippen LogP contribution >= 0.6 is 11.8 Å². The number of aryl methyl sites for hydroxylation is 1. The fourth-order valence-electron chi connectivity index (χ4n) is 4.65. The fraction of sp³-hybridized carbons (Fsp3) is 0.444. The molecule has 0 aliphatic carbocycles. The van der Waals surface area contributed by atoms with Gasteiger partial charge in [-0.15, -0.1) is 0 Å². The highest BCUT2D eigenvalue weighted by atomic mass is 32.2. The van der Waals surface area contributed by atoms with Gasteiger partial charge in [-0.05, 0) is 75.9 Å². The van der Waals surface area contributed by atoms with Gasteiger partial charge in [-0.1, -0.05) is 54.2 Å². The number of aromatic nitrogens is 2. The topological polar surface area (TPSA) is 67.2 Å². The molecule has 6 nitrogen and oxygen atoms in total. The number of nitrogens with one attached hydrogen (secondary N) is 1. The van der Waals surface area contributed by atoms with Crippen LogP contribution in [-0.4, -0.2) is 52.3 Å². The number of nitrogens with zero attached hydrogens (tertiary/aromatic N) is 3. The molecule has 0 atom stereocenters. The predicted molar refractivity (Wildman–Crippen MR) is 139 cm³/mol. The number of fused-ring (bicyclic) bond motifs is 1. The molecular formula is C27H34N4O2S. The highest BCUT2D eigenvalue weighted by Crippen LogP contribution is 2.21. The Morgan fingerprint density at radius 2 is 1.82 bits per heavy atom. The van der Waals surface area contributed by atoms with E-state index in [4.69, 9.17) is 0 Å². The maximum atomic E-state index is 12.7. The van der Waals surface area contributed by atoms with Gasteiger partial charge in [-0.25, -0.2) is 4.98 Å². The van der Waals surface area contributed by atoms with Crippen LogP contribution in [0.25, 0.3) is 11.0 Å². The van der Waals surface area contributed by atoms with Crippen molar-refractivity contribution in [3.63, 3.8) is 0 Å². The Morgan fingerprint density at radius 1 is 1.09 bits per heavy atom. The largest absolute Gasteiger partial charge is 0.355 e. The molecule has 1 N–H and O–H groups in total. The maximum absolute atomic E-state index is 12.7. The van der Waals surface area contributed by atoms with Crippen LogP contribution in [0.3, 0.4) is 0 Å². The Bertz CT molecular complexity index is 1140. The number of carbonyl (C=O) groups is 1. The van der Waals surface area contributed by atoms with Gasteiger partial charge in [0.25, 0.3) is 5.56 Å². The number of hydrogen-bond donors (Lipinski definition) is 1. The highest BCUT2D eigenvalue weighted by molar-refractivity contribution is 7.99. The van der Waals surface area contributed by atoms with Crippen LogP contribution < -0.4 is 10.9 Å². The molecular weight excluding hydrogens is 444 g/mol. The standard InChI is InChI=1S/C27H34N4O2S/c1-2-31-24-12-7-6-11-23(24)29-26(27(31)33)34-20-25(32)28-15-8-16-30-17-13-22(14-18-30)19-21-9-4-3-5-10-21/h3-7,9-12,22H,2,8,13-20H2,1H3,(H,28,32). The summed E-state index contributed by atoms with van der Waals surface area (Å²) < 4.78 is 1.71. The van der Waals surface area contributed by atoms with Gasteiger partial charge >= 0.3 is 0 Å². The molecule has 0 bridgehead atoms. The number of rotatable bonds is 10. The zero-order valence-corrected chi connectivity index (χ0v) is 20.7. The predicted octanol–water partition coefficient (Wildman–Crippen LogP) is 3.97. The normalized spacial score (nSPS) is 15.0. The average Bonchev–Trinajstić information content (AvgIpc) is 2.87. The number of amides is 1. The van der Waals surface area contributed by atoms with Gasteiger partial charge in [-0.3, -0.25) is 9.59 Å². The zero-order valence-electron chi connectivity index (χ0n) is 19.9. The third-order valence-corrected chi connectivity index (χ3v) is 7.47. The molecule has 1 fully saturated rings. The Balaban J connectivity index is 1.15. The van der Waals surface area contributed by atoms with Crippen molar-refractivity contribution >= 4 is 28.7 Å². The first-order valence-electron chi connectivity index (χ1n) is 12.3. The number of thioether (sulfide) groups is 1. The van der Waals surface area contributed by atoms with Gasteiger partial charge in [0.2, 0.25) is 5.91 Å². The second kappa shape index (κ2) is 12.2.